The molecule has 1 heterocycles. The molecule has 3 aromatic rings. The predicted molar refractivity (Wildman–Crippen MR) is 124 cm³/mol. The first-order valence-corrected chi connectivity index (χ1v) is 10.7. The third-order valence-corrected chi connectivity index (χ3v) is 5.74. The molecule has 172 valence electrons. The van der Waals surface area contributed by atoms with Crippen LogP contribution in [0.15, 0.2) is 84.9 Å². The summed E-state index contributed by atoms with van der Waals surface area (Å²) in [5, 5.41) is 11.7. The fourth-order valence-electron chi connectivity index (χ4n) is 3.92. The Kier molecular flexibility index (Phi) is 6.40. The number of hydrazine groups is 1. The molecule has 8 heteroatoms. The van der Waals surface area contributed by atoms with Gasteiger partial charge in [-0.25, -0.2) is 14.6 Å². The van der Waals surface area contributed by atoms with Crippen LogP contribution in [-0.4, -0.2) is 56.9 Å². The van der Waals surface area contributed by atoms with Gasteiger partial charge in [0, 0.05) is 13.5 Å². The van der Waals surface area contributed by atoms with E-state index in [2.05, 4.69) is 0 Å². The summed E-state index contributed by atoms with van der Waals surface area (Å²) in [5.41, 5.74) is 1.81. The number of urea groups is 1. The fraction of sp³-hybridized carbons (Fsp3) is 0.154. The van der Waals surface area contributed by atoms with Crippen molar-refractivity contribution in [2.24, 2.45) is 0 Å². The van der Waals surface area contributed by atoms with Gasteiger partial charge >= 0.3 is 12.0 Å². The van der Waals surface area contributed by atoms with Crippen LogP contribution in [0.2, 0.25) is 0 Å². The predicted octanol–water partition coefficient (Wildman–Crippen LogP) is 3.45. The van der Waals surface area contributed by atoms with E-state index in [-0.39, 0.29) is 24.1 Å². The van der Waals surface area contributed by atoms with Crippen LogP contribution in [-0.2, 0) is 17.8 Å². The molecule has 0 spiro atoms. The number of carboxylic acids is 1. The zero-order valence-corrected chi connectivity index (χ0v) is 18.5. The van der Waals surface area contributed by atoms with Gasteiger partial charge in [-0.3, -0.25) is 9.59 Å². The molecular formula is C26H23N3O5. The molecule has 4 rings (SSSR count). The average Bonchev–Trinajstić information content (AvgIpc) is 3.11. The van der Waals surface area contributed by atoms with E-state index in [0.29, 0.717) is 5.56 Å². The lowest BCUT2D eigenvalue weighted by molar-refractivity contribution is -0.142. The largest absolute Gasteiger partial charge is 0.480 e. The van der Waals surface area contributed by atoms with Crippen LogP contribution in [0.3, 0.4) is 0 Å². The lowest BCUT2D eigenvalue weighted by Gasteiger charge is -2.35. The van der Waals surface area contributed by atoms with Gasteiger partial charge in [0.25, 0.3) is 11.8 Å². The molecule has 0 aromatic heterocycles. The second-order valence-corrected chi connectivity index (χ2v) is 7.95. The Morgan fingerprint density at radius 1 is 0.794 bits per heavy atom. The highest BCUT2D eigenvalue weighted by atomic mass is 16.4. The number of benzene rings is 3. The zero-order valence-electron chi connectivity index (χ0n) is 18.5. The van der Waals surface area contributed by atoms with Crippen molar-refractivity contribution in [3.8, 4) is 0 Å². The van der Waals surface area contributed by atoms with E-state index >= 15 is 0 Å². The van der Waals surface area contributed by atoms with Crippen LogP contribution in [0.4, 0.5) is 4.79 Å². The van der Waals surface area contributed by atoms with Crippen molar-refractivity contribution in [1.82, 2.24) is 14.9 Å². The Hall–Kier alpha value is -4.46. The third-order valence-electron chi connectivity index (χ3n) is 5.74. The number of hydrogen-bond donors (Lipinski definition) is 1. The van der Waals surface area contributed by atoms with Gasteiger partial charge < -0.3 is 10.0 Å². The van der Waals surface area contributed by atoms with Crippen molar-refractivity contribution in [3.63, 3.8) is 0 Å². The van der Waals surface area contributed by atoms with Gasteiger partial charge in [0.05, 0.1) is 17.7 Å². The summed E-state index contributed by atoms with van der Waals surface area (Å²) in [6.45, 7) is -0.0901. The van der Waals surface area contributed by atoms with Gasteiger partial charge in [0.1, 0.15) is 6.04 Å². The van der Waals surface area contributed by atoms with E-state index in [1.165, 1.54) is 19.2 Å². The molecule has 1 atom stereocenters. The summed E-state index contributed by atoms with van der Waals surface area (Å²) in [6, 6.07) is 22.2. The minimum Gasteiger partial charge on any atom is -0.480 e. The Labute approximate surface area is 196 Å². The van der Waals surface area contributed by atoms with Crippen molar-refractivity contribution in [3.05, 3.63) is 107 Å². The fourth-order valence-corrected chi connectivity index (χ4v) is 3.92. The summed E-state index contributed by atoms with van der Waals surface area (Å²) in [6.07, 6.45) is 0.0692. The first-order chi connectivity index (χ1) is 16.4. The number of rotatable bonds is 7. The summed E-state index contributed by atoms with van der Waals surface area (Å²) >= 11 is 0. The Balaban J connectivity index is 1.68. The smallest absolute Gasteiger partial charge is 0.340 e. The third kappa shape index (κ3) is 4.38. The normalized spacial score (nSPS) is 13.4. The van der Waals surface area contributed by atoms with Gasteiger partial charge in [0.2, 0.25) is 0 Å². The molecule has 4 amide bonds. The summed E-state index contributed by atoms with van der Waals surface area (Å²) in [4.78, 5) is 53.1. The number of fused-ring (bicyclic) bond motifs is 1. The highest BCUT2D eigenvalue weighted by molar-refractivity contribution is 6.21. The number of carbonyl (C=O) groups is 4. The maximum atomic E-state index is 13.7. The van der Waals surface area contributed by atoms with Gasteiger partial charge in [-0.2, -0.15) is 5.01 Å². The van der Waals surface area contributed by atoms with Crippen LogP contribution in [0.5, 0.6) is 0 Å². The zero-order chi connectivity index (χ0) is 24.2. The molecule has 0 aliphatic carbocycles. The average molecular weight is 457 g/mol. The molecule has 0 unspecified atom stereocenters. The lowest BCUT2D eigenvalue weighted by atomic mass is 10.1. The maximum absolute atomic E-state index is 13.7. The number of nitrogens with zero attached hydrogens (tertiary/aromatic N) is 3. The van der Waals surface area contributed by atoms with Crippen LogP contribution in [0.25, 0.3) is 0 Å². The molecule has 1 N–H and O–H groups in total. The molecule has 0 bridgehead atoms. The molecule has 0 radical (unpaired) electrons. The van der Waals surface area contributed by atoms with Crippen molar-refractivity contribution in [2.75, 3.05) is 7.05 Å². The van der Waals surface area contributed by atoms with Crippen molar-refractivity contribution < 1.29 is 24.3 Å². The van der Waals surface area contributed by atoms with E-state index < -0.39 is 29.9 Å². The van der Waals surface area contributed by atoms with Crippen LogP contribution in [0, 0.1) is 0 Å². The highest BCUT2D eigenvalue weighted by Gasteiger charge is 2.43. The van der Waals surface area contributed by atoms with E-state index in [1.54, 1.807) is 60.7 Å². The van der Waals surface area contributed by atoms with Crippen LogP contribution in [0.1, 0.15) is 31.8 Å². The molecular weight excluding hydrogens is 434 g/mol. The number of likely N-dealkylation sites (N-methyl/N-ethyl adjacent to an activating group) is 1. The Morgan fingerprint density at radius 3 is 1.76 bits per heavy atom. The number of imide groups is 1. The van der Waals surface area contributed by atoms with E-state index in [9.17, 15) is 24.3 Å². The van der Waals surface area contributed by atoms with Gasteiger partial charge in [-0.15, -0.1) is 0 Å². The minimum absolute atomic E-state index is 0.0692. The summed E-state index contributed by atoms with van der Waals surface area (Å²) in [5.74, 6) is -2.46. The standard InChI is InChI=1S/C26H23N3O5/c1-27(22(25(32)33)16-18-10-4-2-5-11-18)26(34)28(17-19-12-6-3-7-13-19)29-23(30)20-14-8-9-15-21(20)24(29)31/h2-15,22H,16-17H2,1H3,(H,32,33)/t22-/m0/s1. The second kappa shape index (κ2) is 9.58. The SMILES string of the molecule is CN(C(=O)N(Cc1ccccc1)N1C(=O)c2ccccc2C1=O)[C@@H](Cc1ccccc1)C(=O)O. The van der Waals surface area contributed by atoms with E-state index in [4.69, 9.17) is 0 Å². The molecule has 1 aliphatic heterocycles. The van der Waals surface area contributed by atoms with Gasteiger partial charge in [0.15, 0.2) is 0 Å². The number of carbonyl (C=O) groups excluding carboxylic acids is 3. The Bertz CT molecular complexity index is 1190. The van der Waals surface area contributed by atoms with Crippen molar-refractivity contribution >= 4 is 23.8 Å². The highest BCUT2D eigenvalue weighted by Crippen LogP contribution is 2.26. The van der Waals surface area contributed by atoms with Crippen molar-refractivity contribution in [1.29, 1.82) is 0 Å². The molecule has 1 aliphatic rings. The summed E-state index contributed by atoms with van der Waals surface area (Å²) < 4.78 is 0. The number of aliphatic carboxylic acids is 1. The quantitative estimate of drug-likeness (QED) is 0.548. The molecule has 0 fully saturated rings. The number of carboxylic acid groups (broad SMARTS) is 1. The van der Waals surface area contributed by atoms with E-state index in [1.807, 2.05) is 12.1 Å². The second-order valence-electron chi connectivity index (χ2n) is 7.95. The molecule has 0 saturated heterocycles. The first-order valence-electron chi connectivity index (χ1n) is 10.7. The monoisotopic (exact) mass is 457 g/mol. The first kappa shape index (κ1) is 22.7. The van der Waals surface area contributed by atoms with E-state index in [0.717, 1.165) is 20.5 Å². The topological polar surface area (TPSA) is 98.2 Å². The lowest BCUT2D eigenvalue weighted by Crippen LogP contribution is -2.56. The molecule has 3 aromatic carbocycles. The number of hydrogen-bond acceptors (Lipinski definition) is 4. The van der Waals surface area contributed by atoms with Gasteiger partial charge in [-0.05, 0) is 23.3 Å². The number of amides is 4. The summed E-state index contributed by atoms with van der Waals surface area (Å²) in [7, 11) is 1.36. The molecule has 34 heavy (non-hydrogen) atoms. The Morgan fingerprint density at radius 2 is 1.26 bits per heavy atom. The molecule has 8 nitrogen and oxygen atoms in total. The van der Waals surface area contributed by atoms with Crippen LogP contribution < -0.4 is 0 Å². The van der Waals surface area contributed by atoms with Crippen molar-refractivity contribution in [2.45, 2.75) is 19.0 Å². The van der Waals surface area contributed by atoms with Crippen LogP contribution >= 0.6 is 0 Å². The molecule has 0 saturated carbocycles. The van der Waals surface area contributed by atoms with Gasteiger partial charge in [-0.1, -0.05) is 72.8 Å². The minimum atomic E-state index is -1.21. The maximum Gasteiger partial charge on any atom is 0.340 e.